The Kier molecular flexibility index (Phi) is 2.96. The molecule has 5 nitrogen and oxygen atoms in total. The molecule has 1 aromatic heterocycles. The van der Waals surface area contributed by atoms with Crippen LogP contribution in [0.15, 0.2) is 81.0 Å². The summed E-state index contributed by atoms with van der Waals surface area (Å²) in [6.07, 6.45) is 0. The lowest BCUT2D eigenvalue weighted by molar-refractivity contribution is 0.103. The molecular weight excluding hydrogens is 350 g/mol. The Morgan fingerprint density at radius 1 is 0.769 bits per heavy atom. The van der Waals surface area contributed by atoms with E-state index in [1.54, 1.807) is 42.5 Å². The fraction of sp³-hybridized carbons (Fsp3) is 0. The van der Waals surface area contributed by atoms with E-state index in [1.807, 2.05) is 0 Å². The van der Waals surface area contributed by atoms with Crippen LogP contribution in [0.1, 0.15) is 15.9 Å². The van der Waals surface area contributed by atoms with Gasteiger partial charge in [0.1, 0.15) is 10.4 Å². The topological polar surface area (TPSA) is 77.2 Å². The summed E-state index contributed by atoms with van der Waals surface area (Å²) in [5.74, 6) is 0.264. The molecule has 0 spiro atoms. The van der Waals surface area contributed by atoms with Gasteiger partial charge in [0.25, 0.3) is 0 Å². The number of sulfone groups is 1. The Bertz CT molecular complexity index is 1300. The number of ketones is 1. The number of hydrogen-bond donors (Lipinski definition) is 0. The Morgan fingerprint density at radius 2 is 1.46 bits per heavy atom. The minimum atomic E-state index is -3.78. The number of carbonyl (C=O) groups is 1. The zero-order valence-electron chi connectivity index (χ0n) is 13.3. The maximum Gasteiger partial charge on any atom is 0.208 e. The maximum absolute atomic E-state index is 13.0. The molecule has 3 aromatic carbocycles. The highest BCUT2D eigenvalue weighted by molar-refractivity contribution is 7.91. The van der Waals surface area contributed by atoms with Gasteiger partial charge in [-0.05, 0) is 24.3 Å². The number of aromatic nitrogens is 1. The molecule has 0 amide bonds. The molecule has 6 heteroatoms. The smallest absolute Gasteiger partial charge is 0.208 e. The van der Waals surface area contributed by atoms with Crippen molar-refractivity contribution in [2.24, 2.45) is 0 Å². The fourth-order valence-electron chi connectivity index (χ4n) is 3.37. The largest absolute Gasteiger partial charge is 0.355 e. The minimum absolute atomic E-state index is 0.0321. The summed E-state index contributed by atoms with van der Waals surface area (Å²) in [5.41, 5.74) is 1.74. The standard InChI is InChI=1S/C20H11NO4S/c22-19-13-8-4-5-9-14(13)20-17-15(19)10-11-16(18(17)21-25-20)26(23,24)12-6-2-1-3-7-12/h1-11H. The van der Waals surface area contributed by atoms with Gasteiger partial charge in [0.2, 0.25) is 9.84 Å². The number of hydrogen-bond acceptors (Lipinski definition) is 5. The van der Waals surface area contributed by atoms with Crippen molar-refractivity contribution in [3.05, 3.63) is 77.9 Å². The molecule has 1 aliphatic carbocycles. The first-order chi connectivity index (χ1) is 12.6. The second-order valence-electron chi connectivity index (χ2n) is 6.04. The summed E-state index contributed by atoms with van der Waals surface area (Å²) in [6.45, 7) is 0. The summed E-state index contributed by atoms with van der Waals surface area (Å²) in [7, 11) is -3.78. The maximum atomic E-state index is 13.0. The predicted octanol–water partition coefficient (Wildman–Crippen LogP) is 3.87. The van der Waals surface area contributed by atoms with Crippen LogP contribution in [0.5, 0.6) is 0 Å². The Labute approximate surface area is 148 Å². The van der Waals surface area contributed by atoms with Gasteiger partial charge >= 0.3 is 0 Å². The molecule has 1 aliphatic rings. The van der Waals surface area contributed by atoms with Gasteiger partial charge in [-0.15, -0.1) is 0 Å². The minimum Gasteiger partial charge on any atom is -0.355 e. The number of rotatable bonds is 2. The molecule has 5 rings (SSSR count). The molecule has 0 atom stereocenters. The fourth-order valence-corrected chi connectivity index (χ4v) is 4.78. The molecule has 126 valence electrons. The van der Waals surface area contributed by atoms with E-state index in [1.165, 1.54) is 24.3 Å². The van der Waals surface area contributed by atoms with Gasteiger partial charge in [0, 0.05) is 16.7 Å². The van der Waals surface area contributed by atoms with E-state index in [4.69, 9.17) is 4.52 Å². The lowest BCUT2D eigenvalue weighted by atomic mass is 9.88. The van der Waals surface area contributed by atoms with Crippen molar-refractivity contribution in [1.82, 2.24) is 5.16 Å². The molecule has 0 aliphatic heterocycles. The highest BCUT2D eigenvalue weighted by atomic mass is 32.2. The number of fused-ring (bicyclic) bond motifs is 2. The SMILES string of the molecule is O=C1c2ccccc2-c2onc3c(S(=O)(=O)c4ccccc4)ccc1c23. The third-order valence-corrected chi connectivity index (χ3v) is 6.40. The van der Waals surface area contributed by atoms with Crippen LogP contribution in [0, 0.1) is 0 Å². The quantitative estimate of drug-likeness (QED) is 0.477. The van der Waals surface area contributed by atoms with E-state index in [9.17, 15) is 13.2 Å². The summed E-state index contributed by atoms with van der Waals surface area (Å²) >= 11 is 0. The third kappa shape index (κ3) is 1.87. The average molecular weight is 361 g/mol. The monoisotopic (exact) mass is 361 g/mol. The van der Waals surface area contributed by atoms with Gasteiger partial charge in [-0.1, -0.05) is 47.6 Å². The molecule has 0 unspecified atom stereocenters. The van der Waals surface area contributed by atoms with Crippen molar-refractivity contribution in [2.75, 3.05) is 0 Å². The van der Waals surface area contributed by atoms with Crippen LogP contribution < -0.4 is 0 Å². The molecule has 0 radical (unpaired) electrons. The van der Waals surface area contributed by atoms with Crippen molar-refractivity contribution in [3.8, 4) is 11.3 Å². The van der Waals surface area contributed by atoms with Crippen LogP contribution in [0.4, 0.5) is 0 Å². The Morgan fingerprint density at radius 3 is 2.23 bits per heavy atom. The van der Waals surface area contributed by atoms with Crippen molar-refractivity contribution in [3.63, 3.8) is 0 Å². The van der Waals surface area contributed by atoms with E-state index in [2.05, 4.69) is 5.16 Å². The predicted molar refractivity (Wildman–Crippen MR) is 94.8 cm³/mol. The zero-order valence-corrected chi connectivity index (χ0v) is 14.2. The van der Waals surface area contributed by atoms with Gasteiger partial charge in [-0.25, -0.2) is 8.42 Å². The van der Waals surface area contributed by atoms with Crippen LogP contribution in [0.2, 0.25) is 0 Å². The molecule has 26 heavy (non-hydrogen) atoms. The van der Waals surface area contributed by atoms with Crippen molar-refractivity contribution >= 4 is 26.5 Å². The lowest BCUT2D eigenvalue weighted by Crippen LogP contribution is -2.10. The van der Waals surface area contributed by atoms with Crippen LogP contribution in [0.25, 0.3) is 22.2 Å². The summed E-state index contributed by atoms with van der Waals surface area (Å²) < 4.78 is 31.5. The van der Waals surface area contributed by atoms with E-state index >= 15 is 0 Å². The summed E-state index contributed by atoms with van der Waals surface area (Å²) in [4.78, 5) is 13.0. The molecule has 0 fully saturated rings. The first kappa shape index (κ1) is 15.0. The highest BCUT2D eigenvalue weighted by Gasteiger charge is 2.32. The van der Waals surface area contributed by atoms with Crippen LogP contribution in [0.3, 0.4) is 0 Å². The first-order valence-corrected chi connectivity index (χ1v) is 9.44. The molecular formula is C20H11NO4S. The second kappa shape index (κ2) is 5.12. The van der Waals surface area contributed by atoms with Crippen molar-refractivity contribution in [1.29, 1.82) is 0 Å². The molecule has 0 saturated carbocycles. The summed E-state index contributed by atoms with van der Waals surface area (Å²) in [5, 5.41) is 4.46. The van der Waals surface area contributed by atoms with Gasteiger partial charge in [-0.2, -0.15) is 0 Å². The molecule has 0 saturated heterocycles. The van der Waals surface area contributed by atoms with Crippen LogP contribution in [-0.4, -0.2) is 19.4 Å². The molecule has 0 bridgehead atoms. The third-order valence-electron chi connectivity index (χ3n) is 4.60. The van der Waals surface area contributed by atoms with Crippen LogP contribution in [-0.2, 0) is 9.84 Å². The van der Waals surface area contributed by atoms with Crippen molar-refractivity contribution < 1.29 is 17.7 Å². The number of carbonyl (C=O) groups excluding carboxylic acids is 1. The Hall–Kier alpha value is -3.25. The average Bonchev–Trinajstić information content (AvgIpc) is 3.12. The van der Waals surface area contributed by atoms with Gasteiger partial charge in [0.15, 0.2) is 11.5 Å². The number of nitrogens with zero attached hydrogens (tertiary/aromatic N) is 1. The lowest BCUT2D eigenvalue weighted by Gasteiger charge is -2.14. The van der Waals surface area contributed by atoms with Crippen molar-refractivity contribution in [2.45, 2.75) is 9.79 Å². The van der Waals surface area contributed by atoms with Gasteiger partial charge in [-0.3, -0.25) is 4.79 Å². The molecule has 1 heterocycles. The highest BCUT2D eigenvalue weighted by Crippen LogP contribution is 2.41. The number of benzene rings is 3. The molecule has 0 N–H and O–H groups in total. The van der Waals surface area contributed by atoms with Gasteiger partial charge < -0.3 is 4.52 Å². The summed E-state index contributed by atoms with van der Waals surface area (Å²) in [6, 6.07) is 18.2. The Balaban J connectivity index is 1.85. The van der Waals surface area contributed by atoms with E-state index in [-0.39, 0.29) is 21.1 Å². The first-order valence-electron chi connectivity index (χ1n) is 7.95. The van der Waals surface area contributed by atoms with Gasteiger partial charge in [0.05, 0.1) is 10.3 Å². The normalized spacial score (nSPS) is 13.0. The van der Waals surface area contributed by atoms with Crippen LogP contribution >= 0.6 is 0 Å². The van der Waals surface area contributed by atoms with E-state index < -0.39 is 9.84 Å². The zero-order chi connectivity index (χ0) is 17.9. The van der Waals surface area contributed by atoms with E-state index in [0.717, 1.165) is 0 Å². The van der Waals surface area contributed by atoms with E-state index in [0.29, 0.717) is 27.8 Å². The molecule has 4 aromatic rings. The second-order valence-corrected chi connectivity index (χ2v) is 7.96.